The first-order chi connectivity index (χ1) is 16.1. The second kappa shape index (κ2) is 6.96. The van der Waals surface area contributed by atoms with E-state index in [2.05, 4.69) is 25.3 Å². The fraction of sp³-hybridized carbons (Fsp3) is 0.524. The molecule has 1 aliphatic carbocycles. The van der Waals surface area contributed by atoms with Gasteiger partial charge in [0.2, 0.25) is 0 Å². The van der Waals surface area contributed by atoms with Crippen LogP contribution in [0.25, 0.3) is 11.3 Å². The number of aryl methyl sites for hydroxylation is 1. The molecule has 3 aromatic rings. The van der Waals surface area contributed by atoms with Gasteiger partial charge in [0.05, 0.1) is 23.2 Å². The van der Waals surface area contributed by atoms with Crippen LogP contribution in [-0.4, -0.2) is 53.9 Å². The van der Waals surface area contributed by atoms with E-state index in [1.165, 1.54) is 12.5 Å². The minimum Gasteiger partial charge on any atom is -0.383 e. The van der Waals surface area contributed by atoms with Crippen molar-refractivity contribution in [3.63, 3.8) is 0 Å². The van der Waals surface area contributed by atoms with Gasteiger partial charge in [0.25, 0.3) is 5.92 Å². The number of pyridine rings is 1. The van der Waals surface area contributed by atoms with Gasteiger partial charge in [0.1, 0.15) is 18.0 Å². The number of alkyl halides is 5. The topological polar surface area (TPSA) is 102 Å². The summed E-state index contributed by atoms with van der Waals surface area (Å²) in [5.41, 5.74) is 5.61. The Morgan fingerprint density at radius 3 is 2.59 bits per heavy atom. The van der Waals surface area contributed by atoms with Gasteiger partial charge < -0.3 is 5.73 Å². The number of H-pyrrole nitrogens is 1. The number of nitrogens with zero attached hydrogens (tertiary/aromatic N) is 6. The molecule has 5 heterocycles. The Bertz CT molecular complexity index is 1240. The molecule has 1 saturated heterocycles. The van der Waals surface area contributed by atoms with Gasteiger partial charge in [-0.3, -0.25) is 14.7 Å². The van der Waals surface area contributed by atoms with E-state index in [4.69, 9.17) is 5.73 Å². The Morgan fingerprint density at radius 2 is 1.91 bits per heavy atom. The van der Waals surface area contributed by atoms with Crippen molar-refractivity contribution in [2.75, 3.05) is 18.8 Å². The number of nitrogens with two attached hydrogens (primary N) is 1. The minimum atomic E-state index is -4.62. The minimum absolute atomic E-state index is 0.185. The number of nitrogens with one attached hydrogen (secondary N) is 1. The quantitative estimate of drug-likeness (QED) is 0.555. The Balaban J connectivity index is 1.30. The molecular weight excluding hydrogens is 459 g/mol. The SMILES string of the molecule is Nc1ncc(-c2cc3n(n2)CC[C@@]32CCN(C(c3ncn[nH]3)C3CC3(F)F)C2)cc1C(F)(F)F. The molecule has 3 N–H and O–H groups in total. The number of fused-ring (bicyclic) bond motifs is 2. The molecule has 0 amide bonds. The average molecular weight is 480 g/mol. The summed E-state index contributed by atoms with van der Waals surface area (Å²) < 4.78 is 69.7. The lowest BCUT2D eigenvalue weighted by molar-refractivity contribution is -0.137. The monoisotopic (exact) mass is 480 g/mol. The second-order valence-electron chi connectivity index (χ2n) is 9.43. The van der Waals surface area contributed by atoms with Gasteiger partial charge in [-0.15, -0.1) is 0 Å². The highest BCUT2D eigenvalue weighted by Gasteiger charge is 2.63. The molecule has 2 aliphatic heterocycles. The molecule has 3 aromatic heterocycles. The number of nitrogen functional groups attached to an aromatic ring is 1. The van der Waals surface area contributed by atoms with Crippen molar-refractivity contribution in [2.24, 2.45) is 5.92 Å². The highest BCUT2D eigenvalue weighted by atomic mass is 19.4. The van der Waals surface area contributed by atoms with E-state index in [1.807, 2.05) is 4.90 Å². The summed E-state index contributed by atoms with van der Waals surface area (Å²) in [4.78, 5) is 9.90. The van der Waals surface area contributed by atoms with Gasteiger partial charge in [0.15, 0.2) is 0 Å². The Kier molecular flexibility index (Phi) is 4.39. The zero-order chi connectivity index (χ0) is 23.9. The van der Waals surface area contributed by atoms with E-state index in [1.54, 1.807) is 10.7 Å². The number of aromatic amines is 1. The van der Waals surface area contributed by atoms with E-state index in [0.717, 1.165) is 24.6 Å². The molecule has 0 bridgehead atoms. The first-order valence-corrected chi connectivity index (χ1v) is 11.0. The molecule has 13 heteroatoms. The Morgan fingerprint density at radius 1 is 1.15 bits per heavy atom. The molecule has 34 heavy (non-hydrogen) atoms. The number of hydrogen-bond acceptors (Lipinski definition) is 6. The van der Waals surface area contributed by atoms with E-state index in [0.29, 0.717) is 31.2 Å². The van der Waals surface area contributed by atoms with Crippen LogP contribution in [0.5, 0.6) is 0 Å². The summed E-state index contributed by atoms with van der Waals surface area (Å²) in [6, 6.07) is 2.19. The van der Waals surface area contributed by atoms with Crippen molar-refractivity contribution in [3.05, 3.63) is 41.7 Å². The highest BCUT2D eigenvalue weighted by molar-refractivity contribution is 5.63. The molecule has 2 fully saturated rings. The van der Waals surface area contributed by atoms with Gasteiger partial charge in [-0.05, 0) is 31.5 Å². The third kappa shape index (κ3) is 3.28. The van der Waals surface area contributed by atoms with Crippen LogP contribution in [0.3, 0.4) is 0 Å². The van der Waals surface area contributed by atoms with Crippen LogP contribution in [0.15, 0.2) is 24.7 Å². The molecule has 0 aromatic carbocycles. The zero-order valence-corrected chi connectivity index (χ0v) is 17.9. The van der Waals surface area contributed by atoms with Gasteiger partial charge >= 0.3 is 6.18 Å². The summed E-state index contributed by atoms with van der Waals surface area (Å²) in [6.07, 6.45) is -0.690. The molecule has 1 saturated carbocycles. The number of likely N-dealkylation sites (tertiary alicyclic amines) is 1. The Hall–Kier alpha value is -3.09. The van der Waals surface area contributed by atoms with Crippen molar-refractivity contribution in [2.45, 2.75) is 49.4 Å². The fourth-order valence-electron chi connectivity index (χ4n) is 5.55. The lowest BCUT2D eigenvalue weighted by Crippen LogP contribution is -2.34. The third-order valence-electron chi connectivity index (χ3n) is 7.39. The molecule has 180 valence electrons. The van der Waals surface area contributed by atoms with Gasteiger partial charge in [-0.25, -0.2) is 18.7 Å². The lowest BCUT2D eigenvalue weighted by Gasteiger charge is -2.28. The van der Waals surface area contributed by atoms with Crippen LogP contribution in [0.1, 0.15) is 42.4 Å². The second-order valence-corrected chi connectivity index (χ2v) is 9.43. The molecule has 3 aliphatic rings. The van der Waals surface area contributed by atoms with Crippen LogP contribution in [0.2, 0.25) is 0 Å². The van der Waals surface area contributed by atoms with Crippen molar-refractivity contribution in [1.82, 2.24) is 34.8 Å². The zero-order valence-electron chi connectivity index (χ0n) is 17.9. The highest BCUT2D eigenvalue weighted by Crippen LogP contribution is 2.58. The predicted molar refractivity (Wildman–Crippen MR) is 110 cm³/mol. The van der Waals surface area contributed by atoms with E-state index >= 15 is 0 Å². The van der Waals surface area contributed by atoms with Gasteiger partial charge in [0, 0.05) is 42.4 Å². The van der Waals surface area contributed by atoms with Gasteiger partial charge in [-0.2, -0.15) is 23.4 Å². The molecule has 3 atom stereocenters. The predicted octanol–water partition coefficient (Wildman–Crippen LogP) is 3.41. The standard InChI is InChI=1S/C21H21F5N8/c22-20(23)7-13(20)16(18-29-10-30-31-18)33-3-1-19(9-33)2-4-34-15(19)6-14(32-34)11-5-12(21(24,25)26)17(27)28-8-11/h5-6,8,10,13,16H,1-4,7,9H2,(H2,27,28)(H,29,30,31)/t13?,16?,19-/m1/s1. The summed E-state index contributed by atoms with van der Waals surface area (Å²) in [6.45, 7) is 1.73. The lowest BCUT2D eigenvalue weighted by atomic mass is 9.82. The fourth-order valence-corrected chi connectivity index (χ4v) is 5.55. The molecule has 1 spiro atoms. The van der Waals surface area contributed by atoms with Crippen LogP contribution in [0.4, 0.5) is 27.8 Å². The first kappa shape index (κ1) is 21.4. The van der Waals surface area contributed by atoms with E-state index in [-0.39, 0.29) is 17.4 Å². The van der Waals surface area contributed by atoms with E-state index in [9.17, 15) is 22.0 Å². The van der Waals surface area contributed by atoms with Crippen molar-refractivity contribution in [3.8, 4) is 11.3 Å². The molecular formula is C21H21F5N8. The average Bonchev–Trinajstić information content (AvgIpc) is 3.35. The number of aromatic nitrogens is 6. The van der Waals surface area contributed by atoms with E-state index < -0.39 is 35.4 Å². The molecule has 0 radical (unpaired) electrons. The van der Waals surface area contributed by atoms with Gasteiger partial charge in [-0.1, -0.05) is 0 Å². The number of hydrogen-bond donors (Lipinski definition) is 2. The summed E-state index contributed by atoms with van der Waals surface area (Å²) >= 11 is 0. The van der Waals surface area contributed by atoms with Crippen LogP contribution < -0.4 is 5.73 Å². The largest absolute Gasteiger partial charge is 0.419 e. The number of halogens is 5. The summed E-state index contributed by atoms with van der Waals surface area (Å²) in [5, 5.41) is 11.1. The first-order valence-electron chi connectivity index (χ1n) is 11.0. The van der Waals surface area contributed by atoms with Crippen molar-refractivity contribution in [1.29, 1.82) is 0 Å². The smallest absolute Gasteiger partial charge is 0.383 e. The van der Waals surface area contributed by atoms with Crippen LogP contribution in [0, 0.1) is 5.92 Å². The maximum absolute atomic E-state index is 14.0. The van der Waals surface area contributed by atoms with Crippen molar-refractivity contribution < 1.29 is 22.0 Å². The molecule has 6 rings (SSSR count). The maximum Gasteiger partial charge on any atom is 0.419 e. The Labute approximate surface area is 190 Å². The summed E-state index contributed by atoms with van der Waals surface area (Å²) in [5.74, 6) is -3.70. The number of anilines is 1. The van der Waals surface area contributed by atoms with Crippen LogP contribution >= 0.6 is 0 Å². The normalized spacial score (nSPS) is 26.8. The molecule has 8 nitrogen and oxygen atoms in total. The van der Waals surface area contributed by atoms with Crippen molar-refractivity contribution >= 4 is 5.82 Å². The summed E-state index contributed by atoms with van der Waals surface area (Å²) in [7, 11) is 0. The maximum atomic E-state index is 14.0. The molecule has 2 unspecified atom stereocenters. The third-order valence-corrected chi connectivity index (χ3v) is 7.39. The van der Waals surface area contributed by atoms with Crippen LogP contribution in [-0.2, 0) is 18.1 Å². The number of rotatable bonds is 4.